The molecule has 0 atom stereocenters. The van der Waals surface area contributed by atoms with E-state index in [1.807, 2.05) is 11.9 Å². The smallest absolute Gasteiger partial charge is 0.387 e. The van der Waals surface area contributed by atoms with Gasteiger partial charge in [0.25, 0.3) is 5.56 Å². The first kappa shape index (κ1) is 19.6. The predicted octanol–water partition coefficient (Wildman–Crippen LogP) is 1.33. The second-order valence-corrected chi connectivity index (χ2v) is 5.91. The Morgan fingerprint density at radius 1 is 1.08 bits per heavy atom. The van der Waals surface area contributed by atoms with Gasteiger partial charge in [-0.2, -0.15) is 8.78 Å². The molecule has 0 N–H and O–H groups in total. The molecule has 0 bridgehead atoms. The first-order valence-electron chi connectivity index (χ1n) is 7.79. The van der Waals surface area contributed by atoms with Gasteiger partial charge in [-0.25, -0.2) is 4.79 Å². The quantitative estimate of drug-likeness (QED) is 0.737. The Hall–Kier alpha value is -2.68. The van der Waals surface area contributed by atoms with E-state index >= 15 is 0 Å². The van der Waals surface area contributed by atoms with Crippen molar-refractivity contribution in [2.24, 2.45) is 14.1 Å². The second kappa shape index (κ2) is 8.13. The van der Waals surface area contributed by atoms with E-state index in [9.17, 15) is 18.4 Å². The molecule has 1 aromatic carbocycles. The van der Waals surface area contributed by atoms with Crippen molar-refractivity contribution >= 4 is 0 Å². The summed E-state index contributed by atoms with van der Waals surface area (Å²) in [6, 6.07) is 6.09. The van der Waals surface area contributed by atoms with Crippen molar-refractivity contribution in [3.05, 3.63) is 56.4 Å². The number of hydrogen-bond acceptors (Lipinski definition) is 5. The van der Waals surface area contributed by atoms with Crippen molar-refractivity contribution in [1.29, 1.82) is 0 Å². The van der Waals surface area contributed by atoms with Crippen molar-refractivity contribution in [3.63, 3.8) is 0 Å². The molecule has 0 saturated heterocycles. The Morgan fingerprint density at radius 3 is 2.38 bits per heavy atom. The summed E-state index contributed by atoms with van der Waals surface area (Å²) in [6.45, 7) is -2.12. The van der Waals surface area contributed by atoms with E-state index in [0.717, 1.165) is 10.1 Å². The lowest BCUT2D eigenvalue weighted by molar-refractivity contribution is -0.0512. The molecular formula is C17H21F2N3O4. The van der Waals surface area contributed by atoms with Gasteiger partial charge >= 0.3 is 12.3 Å². The van der Waals surface area contributed by atoms with Gasteiger partial charge in [0.05, 0.1) is 7.11 Å². The van der Waals surface area contributed by atoms with Crippen LogP contribution in [0.15, 0.2) is 33.9 Å². The highest BCUT2D eigenvalue weighted by molar-refractivity contribution is 5.43. The number of rotatable bonds is 7. The summed E-state index contributed by atoms with van der Waals surface area (Å²) in [4.78, 5) is 25.7. The highest BCUT2D eigenvalue weighted by Crippen LogP contribution is 2.29. The van der Waals surface area contributed by atoms with Crippen molar-refractivity contribution in [2.45, 2.75) is 19.7 Å². The molecule has 26 heavy (non-hydrogen) atoms. The molecule has 0 spiro atoms. The van der Waals surface area contributed by atoms with Crippen molar-refractivity contribution in [1.82, 2.24) is 14.0 Å². The zero-order valence-electron chi connectivity index (χ0n) is 15.0. The van der Waals surface area contributed by atoms with E-state index < -0.39 is 12.3 Å². The van der Waals surface area contributed by atoms with E-state index in [1.165, 1.54) is 30.9 Å². The Kier molecular flexibility index (Phi) is 6.14. The molecule has 142 valence electrons. The normalized spacial score (nSPS) is 11.2. The first-order valence-corrected chi connectivity index (χ1v) is 7.79. The van der Waals surface area contributed by atoms with E-state index in [-0.39, 0.29) is 17.1 Å². The second-order valence-electron chi connectivity index (χ2n) is 5.91. The number of alkyl halides is 2. The highest BCUT2D eigenvalue weighted by Gasteiger charge is 2.13. The van der Waals surface area contributed by atoms with Gasteiger partial charge in [0.1, 0.15) is 0 Å². The van der Waals surface area contributed by atoms with Crippen molar-refractivity contribution in [2.75, 3.05) is 14.2 Å². The maximum Gasteiger partial charge on any atom is 0.387 e. The lowest BCUT2D eigenvalue weighted by Crippen LogP contribution is -2.39. The fourth-order valence-electron chi connectivity index (χ4n) is 2.58. The van der Waals surface area contributed by atoms with Gasteiger partial charge in [0.2, 0.25) is 0 Å². The molecule has 0 saturated carbocycles. The maximum atomic E-state index is 12.4. The number of benzene rings is 1. The van der Waals surface area contributed by atoms with Crippen LogP contribution >= 0.6 is 0 Å². The van der Waals surface area contributed by atoms with Gasteiger partial charge in [0.15, 0.2) is 11.5 Å². The van der Waals surface area contributed by atoms with E-state index in [2.05, 4.69) is 4.74 Å². The number of methoxy groups -OCH3 is 1. The van der Waals surface area contributed by atoms with Crippen LogP contribution in [-0.2, 0) is 27.2 Å². The highest BCUT2D eigenvalue weighted by atomic mass is 19.3. The summed E-state index contributed by atoms with van der Waals surface area (Å²) >= 11 is 0. The minimum atomic E-state index is -2.93. The van der Waals surface area contributed by atoms with Crippen LogP contribution in [0.3, 0.4) is 0 Å². The first-order chi connectivity index (χ1) is 12.2. The third-order valence-electron chi connectivity index (χ3n) is 3.95. The SMILES string of the molecule is COc1cc(CN(C)Cc2cc(=O)n(C)c(=O)n2C)ccc1OC(F)F. The van der Waals surface area contributed by atoms with Crippen LogP contribution in [-0.4, -0.2) is 34.8 Å². The topological polar surface area (TPSA) is 65.7 Å². The fraction of sp³-hybridized carbons (Fsp3) is 0.412. The molecule has 7 nitrogen and oxygen atoms in total. The van der Waals surface area contributed by atoms with Gasteiger partial charge in [-0.1, -0.05) is 6.07 Å². The summed E-state index contributed by atoms with van der Waals surface area (Å²) in [7, 11) is 6.21. The third kappa shape index (κ3) is 4.48. The molecular weight excluding hydrogens is 348 g/mol. The molecule has 0 fully saturated rings. The summed E-state index contributed by atoms with van der Waals surface area (Å²) in [5.74, 6) is 0.167. The molecule has 0 amide bonds. The molecule has 2 rings (SSSR count). The van der Waals surface area contributed by atoms with Crippen LogP contribution in [0.5, 0.6) is 11.5 Å². The van der Waals surface area contributed by atoms with Crippen LogP contribution in [0.25, 0.3) is 0 Å². The average Bonchev–Trinajstić information content (AvgIpc) is 2.58. The van der Waals surface area contributed by atoms with Gasteiger partial charge in [-0.15, -0.1) is 0 Å². The lowest BCUT2D eigenvalue weighted by Gasteiger charge is -2.19. The number of halogens is 2. The zero-order valence-corrected chi connectivity index (χ0v) is 15.0. The number of hydrogen-bond donors (Lipinski definition) is 0. The van der Waals surface area contributed by atoms with E-state index in [4.69, 9.17) is 4.74 Å². The standard InChI is InChI=1S/C17H21F2N3O4/c1-20(10-12-8-15(23)22(3)17(24)21(12)2)9-11-5-6-13(26-16(18)19)14(7-11)25-4/h5-8,16H,9-10H2,1-4H3. The molecule has 0 unspecified atom stereocenters. The summed E-state index contributed by atoms with van der Waals surface area (Å²) in [6.07, 6.45) is 0. The van der Waals surface area contributed by atoms with E-state index in [1.54, 1.807) is 19.2 Å². The lowest BCUT2D eigenvalue weighted by atomic mass is 10.2. The van der Waals surface area contributed by atoms with Crippen LogP contribution < -0.4 is 20.7 Å². The zero-order chi connectivity index (χ0) is 19.4. The largest absolute Gasteiger partial charge is 0.493 e. The minimum absolute atomic E-state index is 0.0390. The molecule has 0 aliphatic rings. The number of ether oxygens (including phenoxy) is 2. The molecule has 0 aliphatic carbocycles. The van der Waals surface area contributed by atoms with Gasteiger partial charge in [0, 0.05) is 38.9 Å². The third-order valence-corrected chi connectivity index (χ3v) is 3.95. The molecule has 1 heterocycles. The fourth-order valence-corrected chi connectivity index (χ4v) is 2.58. The van der Waals surface area contributed by atoms with E-state index in [0.29, 0.717) is 18.8 Å². The maximum absolute atomic E-state index is 12.4. The number of nitrogens with zero attached hydrogens (tertiary/aromatic N) is 3. The van der Waals surface area contributed by atoms with Crippen LogP contribution in [0, 0.1) is 0 Å². The van der Waals surface area contributed by atoms with Gasteiger partial charge < -0.3 is 9.47 Å². The number of aromatic nitrogens is 2. The van der Waals surface area contributed by atoms with Crippen LogP contribution in [0.1, 0.15) is 11.3 Å². The Balaban J connectivity index is 2.17. The molecule has 2 aromatic rings. The average molecular weight is 369 g/mol. The summed E-state index contributed by atoms with van der Waals surface area (Å²) in [5, 5.41) is 0. The van der Waals surface area contributed by atoms with Crippen molar-refractivity contribution < 1.29 is 18.3 Å². The minimum Gasteiger partial charge on any atom is -0.493 e. The van der Waals surface area contributed by atoms with Gasteiger partial charge in [-0.05, 0) is 24.7 Å². The molecule has 9 heteroatoms. The van der Waals surface area contributed by atoms with Gasteiger partial charge in [-0.3, -0.25) is 18.8 Å². The Labute approximate surface area is 149 Å². The Bertz CT molecular complexity index is 893. The summed E-state index contributed by atoms with van der Waals surface area (Å²) < 4.78 is 36.7. The predicted molar refractivity (Wildman–Crippen MR) is 91.7 cm³/mol. The molecule has 1 aromatic heterocycles. The van der Waals surface area contributed by atoms with Crippen molar-refractivity contribution in [3.8, 4) is 11.5 Å². The molecule has 0 aliphatic heterocycles. The Morgan fingerprint density at radius 2 is 1.77 bits per heavy atom. The monoisotopic (exact) mass is 369 g/mol. The molecule has 0 radical (unpaired) electrons. The van der Waals surface area contributed by atoms with Crippen LogP contribution in [0.4, 0.5) is 8.78 Å². The van der Waals surface area contributed by atoms with Crippen LogP contribution in [0.2, 0.25) is 0 Å². The summed E-state index contributed by atoms with van der Waals surface area (Å²) in [5.41, 5.74) is 0.618.